The van der Waals surface area contributed by atoms with Gasteiger partial charge < -0.3 is 10.6 Å². The molecule has 0 unspecified atom stereocenters. The number of pyridine rings is 1. The number of hydrogen-bond acceptors (Lipinski definition) is 5. The number of amides is 1. The zero-order valence-electron chi connectivity index (χ0n) is 15.3. The lowest BCUT2D eigenvalue weighted by atomic mass is 10.0. The quantitative estimate of drug-likeness (QED) is 0.416. The highest BCUT2D eigenvalue weighted by Crippen LogP contribution is 2.38. The zero-order valence-corrected chi connectivity index (χ0v) is 16.9. The van der Waals surface area contributed by atoms with Crippen LogP contribution in [0, 0.1) is 6.92 Å². The molecule has 140 valence electrons. The van der Waals surface area contributed by atoms with Crippen molar-refractivity contribution in [2.24, 2.45) is 0 Å². The summed E-state index contributed by atoms with van der Waals surface area (Å²) in [5.74, 6) is 0.688. The van der Waals surface area contributed by atoms with E-state index in [2.05, 4.69) is 45.4 Å². The second-order valence-electron chi connectivity index (χ2n) is 6.31. The van der Waals surface area contributed by atoms with Crippen molar-refractivity contribution in [1.29, 1.82) is 0 Å². The molecule has 3 aromatic heterocycles. The number of nitrogens with zero attached hydrogens (tertiary/aromatic N) is 1. The Kier molecular flexibility index (Phi) is 5.50. The van der Waals surface area contributed by atoms with E-state index in [0.717, 1.165) is 26.8 Å². The zero-order chi connectivity index (χ0) is 19.3. The van der Waals surface area contributed by atoms with Gasteiger partial charge in [0.25, 0.3) is 5.91 Å². The van der Waals surface area contributed by atoms with E-state index in [1.54, 1.807) is 28.9 Å². The predicted octanol–water partition coefficient (Wildman–Crippen LogP) is 5.97. The van der Waals surface area contributed by atoms with Crippen LogP contribution in [0.3, 0.4) is 0 Å². The first-order chi connectivity index (χ1) is 13.7. The van der Waals surface area contributed by atoms with Crippen LogP contribution in [0.2, 0.25) is 0 Å². The molecule has 1 amide bonds. The molecule has 0 saturated carbocycles. The smallest absolute Gasteiger partial charge is 0.256 e. The van der Waals surface area contributed by atoms with Crippen molar-refractivity contribution in [2.75, 3.05) is 10.6 Å². The third-order valence-corrected chi connectivity index (χ3v) is 5.97. The maximum absolute atomic E-state index is 12.7. The number of hydrogen-bond donors (Lipinski definition) is 2. The molecule has 1 aromatic carbocycles. The Balaban J connectivity index is 1.68. The summed E-state index contributed by atoms with van der Waals surface area (Å²) in [6.45, 7) is 2.05. The predicted molar refractivity (Wildman–Crippen MR) is 117 cm³/mol. The lowest BCUT2D eigenvalue weighted by molar-refractivity contribution is 0.102. The fourth-order valence-corrected chi connectivity index (χ4v) is 4.62. The first-order valence-corrected chi connectivity index (χ1v) is 10.6. The average molecular weight is 406 g/mol. The molecular formula is C22H19N3OS2. The van der Waals surface area contributed by atoms with E-state index in [1.165, 1.54) is 0 Å². The van der Waals surface area contributed by atoms with E-state index >= 15 is 0 Å². The number of rotatable bonds is 6. The molecule has 0 bridgehead atoms. The Labute approximate surface area is 171 Å². The van der Waals surface area contributed by atoms with Crippen LogP contribution in [0.4, 0.5) is 10.8 Å². The lowest BCUT2D eigenvalue weighted by Gasteiger charge is -2.19. The average Bonchev–Trinajstić information content (AvgIpc) is 3.38. The fraction of sp³-hybridized carbons (Fsp3) is 0.0909. The Morgan fingerprint density at radius 2 is 1.89 bits per heavy atom. The van der Waals surface area contributed by atoms with Gasteiger partial charge in [-0.1, -0.05) is 24.3 Å². The standard InChI is InChI=1S/C22H19N3OS2/c1-15-13-18(22(28-15)25-21(26)16-7-3-2-4-8-16)20(17-10-12-27-14-17)24-19-9-5-6-11-23-19/h2-14,20H,1H3,(H,23,24)(H,25,26)/t20-/m1/s1. The molecule has 4 rings (SSSR count). The summed E-state index contributed by atoms with van der Waals surface area (Å²) in [7, 11) is 0. The molecule has 3 heterocycles. The Bertz CT molecular complexity index is 1040. The van der Waals surface area contributed by atoms with Crippen molar-refractivity contribution < 1.29 is 4.79 Å². The molecule has 4 nitrogen and oxygen atoms in total. The van der Waals surface area contributed by atoms with Crippen LogP contribution in [0.5, 0.6) is 0 Å². The van der Waals surface area contributed by atoms with Crippen LogP contribution in [-0.2, 0) is 0 Å². The largest absolute Gasteiger partial charge is 0.359 e. The molecule has 0 saturated heterocycles. The number of thiophene rings is 2. The minimum absolute atomic E-state index is 0.0998. The maximum atomic E-state index is 12.7. The van der Waals surface area contributed by atoms with Crippen molar-refractivity contribution in [3.63, 3.8) is 0 Å². The third-order valence-electron chi connectivity index (χ3n) is 4.29. The second-order valence-corrected chi connectivity index (χ2v) is 8.35. The number of anilines is 2. The minimum atomic E-state index is -0.106. The summed E-state index contributed by atoms with van der Waals surface area (Å²) >= 11 is 3.24. The van der Waals surface area contributed by atoms with Gasteiger partial charge in [-0.2, -0.15) is 11.3 Å². The van der Waals surface area contributed by atoms with Crippen LogP contribution in [-0.4, -0.2) is 10.9 Å². The van der Waals surface area contributed by atoms with Crippen LogP contribution >= 0.6 is 22.7 Å². The summed E-state index contributed by atoms with van der Waals surface area (Å²) in [5.41, 5.74) is 2.82. The van der Waals surface area contributed by atoms with E-state index < -0.39 is 0 Å². The molecule has 2 N–H and O–H groups in total. The van der Waals surface area contributed by atoms with Crippen LogP contribution in [0.25, 0.3) is 0 Å². The summed E-state index contributed by atoms with van der Waals surface area (Å²) < 4.78 is 0. The molecule has 1 atom stereocenters. The van der Waals surface area contributed by atoms with Gasteiger partial charge in [-0.05, 0) is 59.6 Å². The molecule has 0 fully saturated rings. The normalized spacial score (nSPS) is 11.8. The number of carbonyl (C=O) groups is 1. The molecule has 0 spiro atoms. The first kappa shape index (κ1) is 18.4. The summed E-state index contributed by atoms with van der Waals surface area (Å²) in [5, 5.41) is 11.6. The van der Waals surface area contributed by atoms with Crippen molar-refractivity contribution in [2.45, 2.75) is 13.0 Å². The van der Waals surface area contributed by atoms with Crippen LogP contribution in [0.1, 0.15) is 32.4 Å². The maximum Gasteiger partial charge on any atom is 0.256 e. The molecule has 0 aliphatic carbocycles. The van der Waals surface area contributed by atoms with Gasteiger partial charge in [0.1, 0.15) is 10.8 Å². The highest BCUT2D eigenvalue weighted by molar-refractivity contribution is 7.16. The fourth-order valence-electron chi connectivity index (χ4n) is 2.99. The van der Waals surface area contributed by atoms with Gasteiger partial charge in [0, 0.05) is 22.2 Å². The summed E-state index contributed by atoms with van der Waals surface area (Å²) in [4.78, 5) is 18.3. The molecular weight excluding hydrogens is 386 g/mol. The van der Waals surface area contributed by atoms with E-state index in [0.29, 0.717) is 5.56 Å². The van der Waals surface area contributed by atoms with Crippen LogP contribution < -0.4 is 10.6 Å². The minimum Gasteiger partial charge on any atom is -0.359 e. The van der Waals surface area contributed by atoms with Crippen molar-refractivity contribution in [1.82, 2.24) is 4.98 Å². The molecule has 28 heavy (non-hydrogen) atoms. The molecule has 0 radical (unpaired) electrons. The van der Waals surface area contributed by atoms with Crippen LogP contribution in [0.15, 0.2) is 77.6 Å². The monoisotopic (exact) mass is 405 g/mol. The Morgan fingerprint density at radius 3 is 2.61 bits per heavy atom. The van der Waals surface area contributed by atoms with E-state index in [-0.39, 0.29) is 11.9 Å². The third kappa shape index (κ3) is 4.13. The molecule has 0 aliphatic rings. The molecule has 4 aromatic rings. The Hall–Kier alpha value is -2.96. The van der Waals surface area contributed by atoms with Gasteiger partial charge in [0.2, 0.25) is 0 Å². The number of aromatic nitrogens is 1. The summed E-state index contributed by atoms with van der Waals surface area (Å²) in [6, 6.07) is 19.2. The van der Waals surface area contributed by atoms with Crippen molar-refractivity contribution in [3.8, 4) is 0 Å². The van der Waals surface area contributed by atoms with Gasteiger partial charge in [-0.3, -0.25) is 4.79 Å². The SMILES string of the molecule is Cc1cc([C@H](Nc2ccccn2)c2ccsc2)c(NC(=O)c2ccccc2)s1. The van der Waals surface area contributed by atoms with Gasteiger partial charge >= 0.3 is 0 Å². The molecule has 0 aliphatic heterocycles. The van der Waals surface area contributed by atoms with Gasteiger partial charge in [-0.15, -0.1) is 11.3 Å². The van der Waals surface area contributed by atoms with E-state index in [9.17, 15) is 4.79 Å². The van der Waals surface area contributed by atoms with Crippen molar-refractivity contribution >= 4 is 39.4 Å². The van der Waals surface area contributed by atoms with E-state index in [1.807, 2.05) is 48.5 Å². The van der Waals surface area contributed by atoms with Crippen molar-refractivity contribution in [3.05, 3.63) is 99.2 Å². The summed E-state index contributed by atoms with van der Waals surface area (Å²) in [6.07, 6.45) is 1.77. The van der Waals surface area contributed by atoms with Gasteiger partial charge in [-0.25, -0.2) is 4.98 Å². The number of aryl methyl sites for hydroxylation is 1. The van der Waals surface area contributed by atoms with Gasteiger partial charge in [0.05, 0.1) is 6.04 Å². The second kappa shape index (κ2) is 8.37. The topological polar surface area (TPSA) is 54.0 Å². The lowest BCUT2D eigenvalue weighted by Crippen LogP contribution is -2.16. The highest BCUT2D eigenvalue weighted by atomic mass is 32.1. The first-order valence-electron chi connectivity index (χ1n) is 8.87. The van der Waals surface area contributed by atoms with E-state index in [4.69, 9.17) is 0 Å². The number of carbonyl (C=O) groups excluding carboxylic acids is 1. The number of nitrogens with one attached hydrogen (secondary N) is 2. The number of benzene rings is 1. The molecule has 6 heteroatoms. The highest BCUT2D eigenvalue weighted by Gasteiger charge is 2.22. The Morgan fingerprint density at radius 1 is 1.07 bits per heavy atom. The van der Waals surface area contributed by atoms with Gasteiger partial charge in [0.15, 0.2) is 0 Å².